The van der Waals surface area contributed by atoms with E-state index in [-0.39, 0.29) is 5.82 Å². The summed E-state index contributed by atoms with van der Waals surface area (Å²) in [5.41, 5.74) is -0.877. The van der Waals surface area contributed by atoms with Crippen molar-refractivity contribution in [1.29, 1.82) is 5.26 Å². The average Bonchev–Trinajstić information content (AvgIpc) is 2.81. The fourth-order valence-corrected chi connectivity index (χ4v) is 2.62. The van der Waals surface area contributed by atoms with Gasteiger partial charge in [-0.1, -0.05) is 34.6 Å². The van der Waals surface area contributed by atoms with E-state index in [1.165, 1.54) is 4.52 Å². The van der Waals surface area contributed by atoms with Crippen LogP contribution in [-0.2, 0) is 10.2 Å². The van der Waals surface area contributed by atoms with Crippen LogP contribution in [0.4, 0.5) is 19.0 Å². The second-order valence-electron chi connectivity index (χ2n) is 7.94. The van der Waals surface area contributed by atoms with E-state index in [4.69, 9.17) is 5.26 Å². The molecule has 2 heterocycles. The van der Waals surface area contributed by atoms with Crippen LogP contribution in [-0.4, -0.2) is 21.7 Å². The van der Waals surface area contributed by atoms with Crippen LogP contribution in [0.25, 0.3) is 5.52 Å². The summed E-state index contributed by atoms with van der Waals surface area (Å²) < 4.78 is 40.6. The number of nitrogens with one attached hydrogen (secondary N) is 1. The van der Waals surface area contributed by atoms with Gasteiger partial charge >= 0.3 is 6.18 Å². The molecule has 0 radical (unpaired) electrons. The molecule has 0 unspecified atom stereocenters. The van der Waals surface area contributed by atoms with Crippen molar-refractivity contribution in [1.82, 2.24) is 9.61 Å². The van der Waals surface area contributed by atoms with Crippen LogP contribution >= 0.6 is 0 Å². The molecule has 2 rings (SSSR count). The Balaban J connectivity index is 2.44. The number of carbonyl (C=O) groups excluding carboxylic acids is 1. The molecule has 0 aromatic carbocycles. The molecule has 26 heavy (non-hydrogen) atoms. The molecule has 8 heteroatoms. The minimum absolute atomic E-state index is 0.204. The Labute approximate surface area is 149 Å². The van der Waals surface area contributed by atoms with Gasteiger partial charge in [0, 0.05) is 18.2 Å². The lowest BCUT2D eigenvalue weighted by Crippen LogP contribution is -2.36. The second kappa shape index (κ2) is 6.31. The number of alkyl halides is 3. The van der Waals surface area contributed by atoms with Gasteiger partial charge in [-0.05, 0) is 17.5 Å². The van der Waals surface area contributed by atoms with Crippen molar-refractivity contribution >= 4 is 17.2 Å². The Kier molecular flexibility index (Phi) is 4.79. The van der Waals surface area contributed by atoms with Crippen molar-refractivity contribution in [2.24, 2.45) is 5.41 Å². The van der Waals surface area contributed by atoms with Crippen LogP contribution < -0.4 is 5.32 Å². The standard InChI is InChI=1S/C18H21F3N4O/c1-16(2,3)14-12-8-11(10-22)6-7-25(12)24-15(14)23-13(26)9-17(4,5)18(19,20)21/h6-8H,9H2,1-5H3,(H,23,24,26). The highest BCUT2D eigenvalue weighted by molar-refractivity contribution is 5.92. The Bertz CT molecular complexity index is 883. The number of anilines is 1. The Hall–Kier alpha value is -2.56. The number of pyridine rings is 1. The molecule has 2 aromatic rings. The van der Waals surface area contributed by atoms with Crippen molar-refractivity contribution in [3.63, 3.8) is 0 Å². The first-order valence-electron chi connectivity index (χ1n) is 8.06. The van der Waals surface area contributed by atoms with Gasteiger partial charge in [0.1, 0.15) is 0 Å². The van der Waals surface area contributed by atoms with Crippen LogP contribution in [0, 0.1) is 16.7 Å². The predicted molar refractivity (Wildman–Crippen MR) is 91.7 cm³/mol. The normalized spacial score (nSPS) is 12.9. The molecule has 2 aromatic heterocycles. The second-order valence-corrected chi connectivity index (χ2v) is 7.94. The van der Waals surface area contributed by atoms with E-state index in [9.17, 15) is 18.0 Å². The molecular formula is C18H21F3N4O. The molecule has 0 saturated carbocycles. The number of hydrogen-bond acceptors (Lipinski definition) is 3. The lowest BCUT2D eigenvalue weighted by molar-refractivity contribution is -0.213. The third-order valence-corrected chi connectivity index (χ3v) is 4.14. The third-order valence-electron chi connectivity index (χ3n) is 4.14. The summed E-state index contributed by atoms with van der Waals surface area (Å²) in [6.45, 7) is 7.68. The van der Waals surface area contributed by atoms with Crippen molar-refractivity contribution in [2.45, 2.75) is 52.6 Å². The van der Waals surface area contributed by atoms with Crippen LogP contribution in [0.3, 0.4) is 0 Å². The number of amides is 1. The van der Waals surface area contributed by atoms with E-state index in [1.807, 2.05) is 26.8 Å². The number of rotatable bonds is 3. The van der Waals surface area contributed by atoms with E-state index in [0.717, 1.165) is 13.8 Å². The highest BCUT2D eigenvalue weighted by atomic mass is 19.4. The SMILES string of the molecule is CC(C)(C)c1c(NC(=O)CC(C)(C)C(F)(F)F)nn2ccc(C#N)cc12. The lowest BCUT2D eigenvalue weighted by Gasteiger charge is -2.27. The Morgan fingerprint density at radius 1 is 1.27 bits per heavy atom. The molecule has 0 atom stereocenters. The van der Waals surface area contributed by atoms with Crippen molar-refractivity contribution in [3.8, 4) is 6.07 Å². The van der Waals surface area contributed by atoms with E-state index in [2.05, 4.69) is 10.4 Å². The number of nitrogens with zero attached hydrogens (tertiary/aromatic N) is 3. The summed E-state index contributed by atoms with van der Waals surface area (Å²) in [7, 11) is 0. The quantitative estimate of drug-likeness (QED) is 0.874. The van der Waals surface area contributed by atoms with Gasteiger partial charge in [-0.15, -0.1) is 5.10 Å². The lowest BCUT2D eigenvalue weighted by atomic mass is 9.86. The van der Waals surface area contributed by atoms with Gasteiger partial charge in [-0.25, -0.2) is 4.52 Å². The fraction of sp³-hybridized carbons (Fsp3) is 0.500. The fourth-order valence-electron chi connectivity index (χ4n) is 2.62. The number of nitriles is 1. The number of hydrogen-bond donors (Lipinski definition) is 1. The minimum atomic E-state index is -4.49. The summed E-state index contributed by atoms with van der Waals surface area (Å²) in [4.78, 5) is 12.2. The monoisotopic (exact) mass is 366 g/mol. The summed E-state index contributed by atoms with van der Waals surface area (Å²) >= 11 is 0. The van der Waals surface area contributed by atoms with Crippen molar-refractivity contribution in [2.75, 3.05) is 5.32 Å². The predicted octanol–water partition coefficient (Wildman–Crippen LogP) is 4.42. The van der Waals surface area contributed by atoms with Crippen LogP contribution in [0.5, 0.6) is 0 Å². The zero-order valence-electron chi connectivity index (χ0n) is 15.3. The zero-order chi connectivity index (χ0) is 19.9. The first kappa shape index (κ1) is 19.8. The van der Waals surface area contributed by atoms with E-state index >= 15 is 0 Å². The average molecular weight is 366 g/mol. The third kappa shape index (κ3) is 3.82. The highest BCUT2D eigenvalue weighted by Gasteiger charge is 2.48. The summed E-state index contributed by atoms with van der Waals surface area (Å²) in [5, 5.41) is 15.9. The summed E-state index contributed by atoms with van der Waals surface area (Å²) in [5.74, 6) is -0.558. The Morgan fingerprint density at radius 3 is 2.38 bits per heavy atom. The van der Waals surface area contributed by atoms with E-state index < -0.39 is 29.3 Å². The van der Waals surface area contributed by atoms with Crippen LogP contribution in [0.15, 0.2) is 18.3 Å². The largest absolute Gasteiger partial charge is 0.394 e. The minimum Gasteiger partial charge on any atom is -0.309 e. The molecule has 1 N–H and O–H groups in total. The van der Waals surface area contributed by atoms with E-state index in [0.29, 0.717) is 16.6 Å². The molecule has 0 saturated heterocycles. The number of aromatic nitrogens is 2. The van der Waals surface area contributed by atoms with Crippen LogP contribution in [0.2, 0.25) is 0 Å². The maximum atomic E-state index is 13.0. The topological polar surface area (TPSA) is 70.2 Å². The zero-order valence-corrected chi connectivity index (χ0v) is 15.3. The van der Waals surface area contributed by atoms with Gasteiger partial charge in [-0.3, -0.25) is 4.79 Å². The molecule has 0 fully saturated rings. The first-order valence-corrected chi connectivity index (χ1v) is 8.06. The maximum Gasteiger partial charge on any atom is 0.394 e. The van der Waals surface area contributed by atoms with E-state index in [1.54, 1.807) is 18.3 Å². The van der Waals surface area contributed by atoms with Crippen LogP contribution in [0.1, 0.15) is 52.2 Å². The molecular weight excluding hydrogens is 345 g/mol. The molecule has 1 amide bonds. The smallest absolute Gasteiger partial charge is 0.309 e. The summed E-state index contributed by atoms with van der Waals surface area (Å²) in [6.07, 6.45) is -3.62. The van der Waals surface area contributed by atoms with Gasteiger partial charge < -0.3 is 5.32 Å². The number of carbonyl (C=O) groups is 1. The molecule has 5 nitrogen and oxygen atoms in total. The molecule has 0 aliphatic carbocycles. The first-order chi connectivity index (χ1) is 11.8. The van der Waals surface area contributed by atoms with Gasteiger partial charge in [0.15, 0.2) is 5.82 Å². The number of halogens is 3. The van der Waals surface area contributed by atoms with Gasteiger partial charge in [0.25, 0.3) is 0 Å². The summed E-state index contributed by atoms with van der Waals surface area (Å²) in [6, 6.07) is 5.26. The molecule has 140 valence electrons. The molecule has 0 aliphatic rings. The molecule has 0 aliphatic heterocycles. The van der Waals surface area contributed by atoms with Crippen molar-refractivity contribution in [3.05, 3.63) is 29.5 Å². The van der Waals surface area contributed by atoms with Gasteiger partial charge in [0.05, 0.1) is 22.6 Å². The van der Waals surface area contributed by atoms with Gasteiger partial charge in [-0.2, -0.15) is 18.4 Å². The molecule has 0 bridgehead atoms. The molecule has 0 spiro atoms. The van der Waals surface area contributed by atoms with Gasteiger partial charge in [0.2, 0.25) is 5.91 Å². The number of fused-ring (bicyclic) bond motifs is 1. The Morgan fingerprint density at radius 2 is 1.88 bits per heavy atom. The highest BCUT2D eigenvalue weighted by Crippen LogP contribution is 2.41. The van der Waals surface area contributed by atoms with Crippen molar-refractivity contribution < 1.29 is 18.0 Å². The maximum absolute atomic E-state index is 13.0.